The zero-order valence-electron chi connectivity index (χ0n) is 11.3. The highest BCUT2D eigenvalue weighted by Gasteiger charge is 2.31. The van der Waals surface area contributed by atoms with Gasteiger partial charge in [0.25, 0.3) is 0 Å². The van der Waals surface area contributed by atoms with E-state index in [1.807, 2.05) is 7.05 Å². The summed E-state index contributed by atoms with van der Waals surface area (Å²) < 4.78 is 5.97. The molecule has 1 aromatic rings. The third kappa shape index (κ3) is 2.53. The third-order valence-electron chi connectivity index (χ3n) is 3.70. The van der Waals surface area contributed by atoms with E-state index in [2.05, 4.69) is 38.2 Å². The number of ether oxygens (including phenoxy) is 1. The molecule has 1 fully saturated rings. The van der Waals surface area contributed by atoms with Crippen molar-refractivity contribution in [3.8, 4) is 0 Å². The molecular formula is C15H23NO. The quantitative estimate of drug-likeness (QED) is 0.866. The molecule has 0 spiro atoms. The van der Waals surface area contributed by atoms with E-state index in [9.17, 15) is 0 Å². The molecule has 2 nitrogen and oxygen atoms in total. The molecule has 0 radical (unpaired) electrons. The highest BCUT2D eigenvalue weighted by Crippen LogP contribution is 2.37. The molecule has 2 unspecified atom stereocenters. The van der Waals surface area contributed by atoms with Gasteiger partial charge in [0.15, 0.2) is 0 Å². The Kier molecular flexibility index (Phi) is 3.85. The second kappa shape index (κ2) is 5.19. The van der Waals surface area contributed by atoms with Gasteiger partial charge in [0, 0.05) is 19.1 Å². The van der Waals surface area contributed by atoms with E-state index in [1.165, 1.54) is 22.3 Å². The Labute approximate surface area is 104 Å². The van der Waals surface area contributed by atoms with Gasteiger partial charge in [-0.15, -0.1) is 0 Å². The van der Waals surface area contributed by atoms with Crippen LogP contribution in [0, 0.1) is 26.7 Å². The molecule has 1 aliphatic rings. The molecule has 17 heavy (non-hydrogen) atoms. The minimum Gasteiger partial charge on any atom is -0.373 e. The molecular weight excluding hydrogens is 210 g/mol. The first-order chi connectivity index (χ1) is 8.13. The first kappa shape index (κ1) is 12.6. The van der Waals surface area contributed by atoms with Gasteiger partial charge in [-0.2, -0.15) is 0 Å². The van der Waals surface area contributed by atoms with Crippen molar-refractivity contribution in [2.24, 2.45) is 5.92 Å². The number of aryl methyl sites for hydroxylation is 3. The topological polar surface area (TPSA) is 21.3 Å². The molecule has 0 bridgehead atoms. The third-order valence-corrected chi connectivity index (χ3v) is 3.70. The Bertz CT molecular complexity index is 377. The van der Waals surface area contributed by atoms with Crippen molar-refractivity contribution in [2.45, 2.75) is 33.3 Å². The molecule has 1 aliphatic heterocycles. The predicted octanol–water partition coefficient (Wildman–Crippen LogP) is 2.91. The van der Waals surface area contributed by atoms with Crippen molar-refractivity contribution in [1.82, 2.24) is 5.32 Å². The lowest BCUT2D eigenvalue weighted by Crippen LogP contribution is -2.22. The van der Waals surface area contributed by atoms with E-state index in [-0.39, 0.29) is 6.10 Å². The van der Waals surface area contributed by atoms with Gasteiger partial charge in [0.1, 0.15) is 0 Å². The van der Waals surface area contributed by atoms with Crippen molar-refractivity contribution >= 4 is 0 Å². The van der Waals surface area contributed by atoms with E-state index in [4.69, 9.17) is 4.74 Å². The van der Waals surface area contributed by atoms with Gasteiger partial charge in [0.05, 0.1) is 6.10 Å². The largest absolute Gasteiger partial charge is 0.373 e. The van der Waals surface area contributed by atoms with E-state index >= 15 is 0 Å². The number of hydrogen-bond acceptors (Lipinski definition) is 2. The fraction of sp³-hybridized carbons (Fsp3) is 0.600. The van der Waals surface area contributed by atoms with Gasteiger partial charge >= 0.3 is 0 Å². The normalized spacial score (nSPS) is 24.2. The SMILES string of the molecule is CNCC1CCOC1c1c(C)cc(C)cc1C. The van der Waals surface area contributed by atoms with Crippen LogP contribution in [0.25, 0.3) is 0 Å². The maximum absolute atomic E-state index is 5.97. The summed E-state index contributed by atoms with van der Waals surface area (Å²) in [5.74, 6) is 0.611. The molecule has 0 aliphatic carbocycles. The molecule has 0 saturated carbocycles. The second-order valence-electron chi connectivity index (χ2n) is 5.21. The molecule has 1 saturated heterocycles. The molecule has 0 aromatic heterocycles. The van der Waals surface area contributed by atoms with Gasteiger partial charge < -0.3 is 10.1 Å². The van der Waals surface area contributed by atoms with Gasteiger partial charge in [0.2, 0.25) is 0 Å². The highest BCUT2D eigenvalue weighted by molar-refractivity contribution is 5.39. The van der Waals surface area contributed by atoms with Crippen molar-refractivity contribution in [1.29, 1.82) is 0 Å². The smallest absolute Gasteiger partial charge is 0.0871 e. The van der Waals surface area contributed by atoms with Crippen LogP contribution in [-0.4, -0.2) is 20.2 Å². The predicted molar refractivity (Wildman–Crippen MR) is 71.4 cm³/mol. The second-order valence-corrected chi connectivity index (χ2v) is 5.21. The average molecular weight is 233 g/mol. The maximum Gasteiger partial charge on any atom is 0.0871 e. The van der Waals surface area contributed by atoms with Crippen LogP contribution in [0.5, 0.6) is 0 Å². The summed E-state index contributed by atoms with van der Waals surface area (Å²) in [7, 11) is 2.02. The van der Waals surface area contributed by atoms with Crippen LogP contribution in [0.4, 0.5) is 0 Å². The van der Waals surface area contributed by atoms with Crippen LogP contribution >= 0.6 is 0 Å². The summed E-state index contributed by atoms with van der Waals surface area (Å²) in [6, 6.07) is 4.53. The van der Waals surface area contributed by atoms with Crippen LogP contribution < -0.4 is 5.32 Å². The molecule has 94 valence electrons. The lowest BCUT2D eigenvalue weighted by atomic mass is 9.88. The monoisotopic (exact) mass is 233 g/mol. The van der Waals surface area contributed by atoms with Crippen LogP contribution in [0.2, 0.25) is 0 Å². The summed E-state index contributed by atoms with van der Waals surface area (Å²) in [6.07, 6.45) is 1.45. The number of rotatable bonds is 3. The number of hydrogen-bond donors (Lipinski definition) is 1. The maximum atomic E-state index is 5.97. The van der Waals surface area contributed by atoms with Gasteiger partial charge in [-0.1, -0.05) is 17.7 Å². The first-order valence-corrected chi connectivity index (χ1v) is 6.47. The van der Waals surface area contributed by atoms with Crippen LogP contribution in [-0.2, 0) is 4.74 Å². The molecule has 2 rings (SSSR count). The summed E-state index contributed by atoms with van der Waals surface area (Å²) >= 11 is 0. The van der Waals surface area contributed by atoms with E-state index in [0.717, 1.165) is 19.6 Å². The minimum absolute atomic E-state index is 0.281. The Balaban J connectivity index is 2.33. The van der Waals surface area contributed by atoms with Gasteiger partial charge in [-0.05, 0) is 50.9 Å². The lowest BCUT2D eigenvalue weighted by molar-refractivity contribution is 0.0899. The highest BCUT2D eigenvalue weighted by atomic mass is 16.5. The zero-order chi connectivity index (χ0) is 12.4. The molecule has 1 heterocycles. The standard InChI is InChI=1S/C15H23NO/c1-10-7-11(2)14(12(3)8-10)15-13(9-16-4)5-6-17-15/h7-8,13,15-16H,5-6,9H2,1-4H3. The summed E-state index contributed by atoms with van der Waals surface area (Å²) in [6.45, 7) is 8.49. The van der Waals surface area contributed by atoms with Crippen LogP contribution in [0.1, 0.15) is 34.8 Å². The van der Waals surface area contributed by atoms with E-state index in [1.54, 1.807) is 0 Å². The molecule has 2 atom stereocenters. The summed E-state index contributed by atoms with van der Waals surface area (Å²) in [4.78, 5) is 0. The van der Waals surface area contributed by atoms with Crippen LogP contribution in [0.3, 0.4) is 0 Å². The van der Waals surface area contributed by atoms with Crippen molar-refractivity contribution < 1.29 is 4.74 Å². The fourth-order valence-electron chi connectivity index (χ4n) is 3.06. The van der Waals surface area contributed by atoms with Gasteiger partial charge in [-0.25, -0.2) is 0 Å². The fourth-order valence-corrected chi connectivity index (χ4v) is 3.06. The van der Waals surface area contributed by atoms with E-state index < -0.39 is 0 Å². The molecule has 1 N–H and O–H groups in total. The van der Waals surface area contributed by atoms with Crippen molar-refractivity contribution in [3.63, 3.8) is 0 Å². The van der Waals surface area contributed by atoms with Crippen LogP contribution in [0.15, 0.2) is 12.1 Å². The van der Waals surface area contributed by atoms with Crippen molar-refractivity contribution in [3.05, 3.63) is 34.4 Å². The molecule has 2 heteroatoms. The minimum atomic E-state index is 0.281. The average Bonchev–Trinajstić information content (AvgIpc) is 2.65. The molecule has 1 aromatic carbocycles. The number of benzene rings is 1. The van der Waals surface area contributed by atoms with Crippen molar-refractivity contribution in [2.75, 3.05) is 20.2 Å². The Morgan fingerprint density at radius 3 is 2.47 bits per heavy atom. The molecule has 0 amide bonds. The Morgan fingerprint density at radius 1 is 1.24 bits per heavy atom. The van der Waals surface area contributed by atoms with E-state index in [0.29, 0.717) is 5.92 Å². The first-order valence-electron chi connectivity index (χ1n) is 6.47. The Morgan fingerprint density at radius 2 is 1.88 bits per heavy atom. The summed E-state index contributed by atoms with van der Waals surface area (Å²) in [5, 5.41) is 3.28. The summed E-state index contributed by atoms with van der Waals surface area (Å²) in [5.41, 5.74) is 5.49. The Hall–Kier alpha value is -0.860. The zero-order valence-corrected chi connectivity index (χ0v) is 11.3. The lowest BCUT2D eigenvalue weighted by Gasteiger charge is -2.23. The van der Waals surface area contributed by atoms with Gasteiger partial charge in [-0.3, -0.25) is 0 Å². The number of nitrogens with one attached hydrogen (secondary N) is 1.